The van der Waals surface area contributed by atoms with Gasteiger partial charge >= 0.3 is 0 Å². The molecule has 1 aromatic heterocycles. The van der Waals surface area contributed by atoms with Crippen molar-refractivity contribution in [1.82, 2.24) is 9.55 Å². The number of aromatic nitrogens is 2. The molecule has 0 saturated heterocycles. The first-order valence-corrected chi connectivity index (χ1v) is 5.88. The molecule has 16 heavy (non-hydrogen) atoms. The Bertz CT molecular complexity index is 412. The van der Waals surface area contributed by atoms with Crippen molar-refractivity contribution in [3.63, 3.8) is 0 Å². The fraction of sp³-hybridized carbons (Fsp3) is 0.500. The van der Waals surface area contributed by atoms with Crippen molar-refractivity contribution in [1.29, 1.82) is 0 Å². The Kier molecular flexibility index (Phi) is 5.26. The Hall–Kier alpha value is -1.09. The number of nitrogens with zero attached hydrogens (tertiary/aromatic N) is 2. The van der Waals surface area contributed by atoms with Crippen LogP contribution in [-0.2, 0) is 6.54 Å². The van der Waals surface area contributed by atoms with Gasteiger partial charge in [-0.2, -0.15) is 0 Å². The second kappa shape index (κ2) is 6.48. The molecule has 3 nitrogen and oxygen atoms in total. The molecule has 4 heteroatoms. The summed E-state index contributed by atoms with van der Waals surface area (Å²) in [4.78, 5) is 15.7. The van der Waals surface area contributed by atoms with Crippen molar-refractivity contribution < 1.29 is 0 Å². The highest BCUT2D eigenvalue weighted by molar-refractivity contribution is 6.29. The number of allylic oxidation sites excluding steroid dienone is 1. The highest BCUT2D eigenvalue weighted by Gasteiger charge is 2.02. The number of unbranched alkanes of at least 4 members (excludes halogenated alkanes) is 3. The maximum absolute atomic E-state index is 11.6. The van der Waals surface area contributed by atoms with Gasteiger partial charge in [0.1, 0.15) is 11.0 Å². The van der Waals surface area contributed by atoms with E-state index in [9.17, 15) is 4.79 Å². The van der Waals surface area contributed by atoms with Gasteiger partial charge < -0.3 is 0 Å². The van der Waals surface area contributed by atoms with Crippen molar-refractivity contribution in [2.24, 2.45) is 0 Å². The standard InChI is InChI=1S/C12H17ClN2O/c1-3-4-5-6-7-8-15-10(2)14-11(13)9-12(15)16/h3,9H,1,4-8H2,2H3. The summed E-state index contributed by atoms with van der Waals surface area (Å²) in [6.45, 7) is 6.19. The van der Waals surface area contributed by atoms with E-state index >= 15 is 0 Å². The predicted octanol–water partition coefficient (Wildman–Crippen LogP) is 2.95. The van der Waals surface area contributed by atoms with Gasteiger partial charge in [-0.1, -0.05) is 24.1 Å². The second-order valence-corrected chi connectivity index (χ2v) is 4.14. The van der Waals surface area contributed by atoms with Crippen LogP contribution in [0.3, 0.4) is 0 Å². The first kappa shape index (κ1) is 13.0. The third kappa shape index (κ3) is 3.81. The molecule has 0 radical (unpaired) electrons. The lowest BCUT2D eigenvalue weighted by Gasteiger charge is -2.08. The molecular weight excluding hydrogens is 224 g/mol. The van der Waals surface area contributed by atoms with Crippen molar-refractivity contribution in [3.05, 3.63) is 40.1 Å². The van der Waals surface area contributed by atoms with Crippen molar-refractivity contribution >= 4 is 11.6 Å². The van der Waals surface area contributed by atoms with E-state index in [1.165, 1.54) is 6.07 Å². The minimum Gasteiger partial charge on any atom is -0.297 e. The average Bonchev–Trinajstić information content (AvgIpc) is 2.20. The number of hydrogen-bond acceptors (Lipinski definition) is 2. The largest absolute Gasteiger partial charge is 0.297 e. The normalized spacial score (nSPS) is 10.4. The first-order valence-electron chi connectivity index (χ1n) is 5.50. The topological polar surface area (TPSA) is 34.9 Å². The summed E-state index contributed by atoms with van der Waals surface area (Å²) >= 11 is 5.69. The van der Waals surface area contributed by atoms with Gasteiger partial charge in [0.25, 0.3) is 5.56 Å². The Morgan fingerprint density at radius 3 is 2.88 bits per heavy atom. The summed E-state index contributed by atoms with van der Waals surface area (Å²) in [5.74, 6) is 0.682. The van der Waals surface area contributed by atoms with Gasteiger partial charge in [-0.3, -0.25) is 9.36 Å². The molecular formula is C12H17ClN2O. The molecule has 0 atom stereocenters. The zero-order chi connectivity index (χ0) is 12.0. The van der Waals surface area contributed by atoms with E-state index in [1.807, 2.05) is 6.08 Å². The Morgan fingerprint density at radius 2 is 2.25 bits per heavy atom. The third-order valence-corrected chi connectivity index (χ3v) is 2.65. The van der Waals surface area contributed by atoms with E-state index in [2.05, 4.69) is 11.6 Å². The van der Waals surface area contributed by atoms with E-state index in [-0.39, 0.29) is 10.7 Å². The maximum Gasteiger partial charge on any atom is 0.254 e. The Morgan fingerprint density at radius 1 is 1.50 bits per heavy atom. The predicted molar refractivity (Wildman–Crippen MR) is 66.9 cm³/mol. The monoisotopic (exact) mass is 240 g/mol. The number of halogens is 1. The number of rotatable bonds is 6. The van der Waals surface area contributed by atoms with Crippen LogP contribution in [0.4, 0.5) is 0 Å². The molecule has 1 rings (SSSR count). The zero-order valence-electron chi connectivity index (χ0n) is 9.58. The van der Waals surface area contributed by atoms with Crippen LogP contribution in [0, 0.1) is 6.92 Å². The minimum atomic E-state index is -0.0683. The highest BCUT2D eigenvalue weighted by Crippen LogP contribution is 2.05. The molecule has 0 bridgehead atoms. The van der Waals surface area contributed by atoms with Gasteiger partial charge in [0.2, 0.25) is 0 Å². The van der Waals surface area contributed by atoms with Crippen LogP contribution in [0.25, 0.3) is 0 Å². The summed E-state index contributed by atoms with van der Waals surface area (Å²) in [5, 5.41) is 0.269. The minimum absolute atomic E-state index is 0.0683. The lowest BCUT2D eigenvalue weighted by atomic mass is 10.2. The van der Waals surface area contributed by atoms with Crippen LogP contribution < -0.4 is 5.56 Å². The van der Waals surface area contributed by atoms with Gasteiger partial charge in [-0.25, -0.2) is 4.98 Å². The van der Waals surface area contributed by atoms with E-state index in [0.717, 1.165) is 25.7 Å². The summed E-state index contributed by atoms with van der Waals surface area (Å²) in [5.41, 5.74) is -0.0683. The Labute approximate surface area is 101 Å². The van der Waals surface area contributed by atoms with Gasteiger partial charge in [0.15, 0.2) is 0 Å². The maximum atomic E-state index is 11.6. The van der Waals surface area contributed by atoms with Crippen LogP contribution >= 0.6 is 11.6 Å². The van der Waals surface area contributed by atoms with Crippen LogP contribution in [0.1, 0.15) is 31.5 Å². The molecule has 0 amide bonds. The average molecular weight is 241 g/mol. The van der Waals surface area contributed by atoms with Crippen LogP contribution in [-0.4, -0.2) is 9.55 Å². The molecule has 0 saturated carbocycles. The first-order chi connectivity index (χ1) is 7.65. The van der Waals surface area contributed by atoms with Gasteiger partial charge in [-0.05, 0) is 26.2 Å². The third-order valence-electron chi connectivity index (χ3n) is 2.46. The SMILES string of the molecule is C=CCCCCCn1c(C)nc(Cl)cc1=O. The van der Waals surface area contributed by atoms with Crippen LogP contribution in [0.15, 0.2) is 23.5 Å². The van der Waals surface area contributed by atoms with Gasteiger partial charge in [0, 0.05) is 12.6 Å². The van der Waals surface area contributed by atoms with Gasteiger partial charge in [-0.15, -0.1) is 6.58 Å². The highest BCUT2D eigenvalue weighted by atomic mass is 35.5. The molecule has 88 valence electrons. The van der Waals surface area contributed by atoms with Crippen LogP contribution in [0.2, 0.25) is 5.15 Å². The Balaban J connectivity index is 2.54. The number of aryl methyl sites for hydroxylation is 1. The van der Waals surface area contributed by atoms with E-state index in [1.54, 1.807) is 11.5 Å². The molecule has 0 spiro atoms. The molecule has 0 aliphatic carbocycles. The zero-order valence-corrected chi connectivity index (χ0v) is 10.3. The van der Waals surface area contributed by atoms with E-state index in [4.69, 9.17) is 11.6 Å². The fourth-order valence-corrected chi connectivity index (χ4v) is 1.81. The van der Waals surface area contributed by atoms with Gasteiger partial charge in [0.05, 0.1) is 0 Å². The van der Waals surface area contributed by atoms with Crippen molar-refractivity contribution in [2.75, 3.05) is 0 Å². The summed E-state index contributed by atoms with van der Waals surface area (Å²) in [6, 6.07) is 1.36. The quantitative estimate of drug-likeness (QED) is 0.435. The van der Waals surface area contributed by atoms with Crippen molar-refractivity contribution in [2.45, 2.75) is 39.2 Å². The summed E-state index contributed by atoms with van der Waals surface area (Å²) < 4.78 is 1.67. The van der Waals surface area contributed by atoms with E-state index < -0.39 is 0 Å². The van der Waals surface area contributed by atoms with Crippen LogP contribution in [0.5, 0.6) is 0 Å². The van der Waals surface area contributed by atoms with Crippen molar-refractivity contribution in [3.8, 4) is 0 Å². The second-order valence-electron chi connectivity index (χ2n) is 3.75. The molecule has 0 unspecified atom stereocenters. The molecule has 0 aromatic carbocycles. The molecule has 0 fully saturated rings. The smallest absolute Gasteiger partial charge is 0.254 e. The van der Waals surface area contributed by atoms with E-state index in [0.29, 0.717) is 12.4 Å². The molecule has 1 heterocycles. The molecule has 0 aliphatic heterocycles. The lowest BCUT2D eigenvalue weighted by Crippen LogP contribution is -2.22. The summed E-state index contributed by atoms with van der Waals surface area (Å²) in [7, 11) is 0. The summed E-state index contributed by atoms with van der Waals surface area (Å²) in [6.07, 6.45) is 6.16. The number of hydrogen-bond donors (Lipinski definition) is 0. The molecule has 0 N–H and O–H groups in total. The molecule has 1 aromatic rings. The molecule has 0 aliphatic rings. The fourth-order valence-electron chi connectivity index (χ4n) is 1.59. The lowest BCUT2D eigenvalue weighted by molar-refractivity contribution is 0.557.